The molecule has 0 saturated heterocycles. The molecule has 0 saturated carbocycles. The van der Waals surface area contributed by atoms with E-state index >= 15 is 0 Å². The van der Waals surface area contributed by atoms with Crippen molar-refractivity contribution >= 4 is 17.7 Å². The second-order valence-electron chi connectivity index (χ2n) is 5.60. The minimum absolute atomic E-state index is 0.0429. The van der Waals surface area contributed by atoms with Crippen LogP contribution in [0.15, 0.2) is 59.5 Å². The number of hydrogen-bond acceptors (Lipinski definition) is 3. The highest BCUT2D eigenvalue weighted by atomic mass is 32.2. The van der Waals surface area contributed by atoms with Crippen LogP contribution in [-0.4, -0.2) is 17.3 Å². The Morgan fingerprint density at radius 1 is 1.04 bits per heavy atom. The molecule has 0 bridgehead atoms. The van der Waals surface area contributed by atoms with Crippen molar-refractivity contribution in [2.45, 2.75) is 43.6 Å². The van der Waals surface area contributed by atoms with Gasteiger partial charge in [0, 0.05) is 11.4 Å². The number of ether oxygens (including phenoxy) is 1. The third-order valence-electron chi connectivity index (χ3n) is 3.19. The summed E-state index contributed by atoms with van der Waals surface area (Å²) in [5.41, 5.74) is 1.06. The number of benzene rings is 2. The molecule has 0 radical (unpaired) electrons. The number of thioether (sulfide) groups is 1. The van der Waals surface area contributed by atoms with E-state index in [1.54, 1.807) is 11.8 Å². The highest BCUT2D eigenvalue weighted by Gasteiger charge is 2.13. The molecule has 1 amide bonds. The lowest BCUT2D eigenvalue weighted by Gasteiger charge is -2.13. The molecule has 0 unspecified atom stereocenters. The zero-order valence-electron chi connectivity index (χ0n) is 13.8. The van der Waals surface area contributed by atoms with Crippen LogP contribution >= 0.6 is 11.8 Å². The van der Waals surface area contributed by atoms with Crippen molar-refractivity contribution in [2.75, 3.05) is 0 Å². The van der Waals surface area contributed by atoms with Gasteiger partial charge in [-0.25, -0.2) is 0 Å². The molecule has 2 rings (SSSR count). The van der Waals surface area contributed by atoms with Gasteiger partial charge in [-0.15, -0.1) is 11.8 Å². The average molecular weight is 329 g/mol. The molecule has 0 fully saturated rings. The minimum Gasteiger partial charge on any atom is -0.491 e. The fraction of sp³-hybridized carbons (Fsp3) is 0.316. The van der Waals surface area contributed by atoms with Crippen molar-refractivity contribution < 1.29 is 9.53 Å². The number of amides is 1. The van der Waals surface area contributed by atoms with Crippen LogP contribution in [-0.2, 0) is 11.3 Å². The van der Waals surface area contributed by atoms with E-state index in [1.165, 1.54) is 0 Å². The molecule has 0 aliphatic carbocycles. The Morgan fingerprint density at radius 2 is 1.70 bits per heavy atom. The Labute approximate surface area is 142 Å². The summed E-state index contributed by atoms with van der Waals surface area (Å²) in [6.45, 7) is 6.45. The Balaban J connectivity index is 1.81. The van der Waals surface area contributed by atoms with E-state index in [2.05, 4.69) is 5.32 Å². The molecule has 4 heteroatoms. The summed E-state index contributed by atoms with van der Waals surface area (Å²) in [5, 5.41) is 2.85. The van der Waals surface area contributed by atoms with Crippen molar-refractivity contribution in [1.29, 1.82) is 0 Å². The summed E-state index contributed by atoms with van der Waals surface area (Å²) in [4.78, 5) is 13.3. The molecular formula is C19H23NO2S. The first-order chi connectivity index (χ1) is 11.0. The van der Waals surface area contributed by atoms with Gasteiger partial charge in [0.2, 0.25) is 5.91 Å². The molecular weight excluding hydrogens is 306 g/mol. The molecule has 122 valence electrons. The van der Waals surface area contributed by atoms with Gasteiger partial charge in [-0.1, -0.05) is 30.3 Å². The third kappa shape index (κ3) is 5.99. The number of carbonyl (C=O) groups excluding carboxylic acids is 1. The number of carbonyl (C=O) groups is 1. The van der Waals surface area contributed by atoms with E-state index in [-0.39, 0.29) is 17.3 Å². The maximum Gasteiger partial charge on any atom is 0.233 e. The van der Waals surface area contributed by atoms with E-state index in [0.717, 1.165) is 16.2 Å². The van der Waals surface area contributed by atoms with Crippen LogP contribution in [0.5, 0.6) is 5.75 Å². The van der Waals surface area contributed by atoms with Gasteiger partial charge in [-0.2, -0.15) is 0 Å². The molecule has 1 N–H and O–H groups in total. The molecule has 3 nitrogen and oxygen atoms in total. The van der Waals surface area contributed by atoms with Crippen LogP contribution < -0.4 is 10.1 Å². The van der Waals surface area contributed by atoms with Crippen molar-refractivity contribution in [3.05, 3.63) is 60.2 Å². The SMILES string of the molecule is CC(C)Oc1ccc(CNC(=O)[C@H](C)Sc2ccccc2)cc1. The first-order valence-electron chi connectivity index (χ1n) is 7.79. The maximum absolute atomic E-state index is 12.2. The number of nitrogens with one attached hydrogen (secondary N) is 1. The molecule has 0 aromatic heterocycles. The summed E-state index contributed by atoms with van der Waals surface area (Å²) in [7, 11) is 0. The van der Waals surface area contributed by atoms with Crippen molar-refractivity contribution in [2.24, 2.45) is 0 Å². The molecule has 0 heterocycles. The molecule has 2 aromatic carbocycles. The van der Waals surface area contributed by atoms with Crippen molar-refractivity contribution in [1.82, 2.24) is 5.32 Å². The Morgan fingerprint density at radius 3 is 2.30 bits per heavy atom. The van der Waals surface area contributed by atoms with Gasteiger partial charge in [0.15, 0.2) is 0 Å². The predicted molar refractivity (Wildman–Crippen MR) is 95.8 cm³/mol. The zero-order chi connectivity index (χ0) is 16.7. The topological polar surface area (TPSA) is 38.3 Å². The van der Waals surface area contributed by atoms with Gasteiger partial charge in [0.1, 0.15) is 5.75 Å². The van der Waals surface area contributed by atoms with Crippen LogP contribution in [0, 0.1) is 0 Å². The molecule has 0 aliphatic rings. The second-order valence-corrected chi connectivity index (χ2v) is 7.02. The van der Waals surface area contributed by atoms with Gasteiger partial charge in [0.05, 0.1) is 11.4 Å². The first-order valence-corrected chi connectivity index (χ1v) is 8.67. The highest BCUT2D eigenvalue weighted by molar-refractivity contribution is 8.00. The lowest BCUT2D eigenvalue weighted by molar-refractivity contribution is -0.120. The normalized spacial score (nSPS) is 12.0. The summed E-state index contributed by atoms with van der Waals surface area (Å²) in [5.74, 6) is 0.893. The Kier molecular flexibility index (Phi) is 6.53. The monoisotopic (exact) mass is 329 g/mol. The van der Waals surface area contributed by atoms with Crippen LogP contribution in [0.3, 0.4) is 0 Å². The molecule has 23 heavy (non-hydrogen) atoms. The summed E-state index contributed by atoms with van der Waals surface area (Å²) < 4.78 is 5.61. The standard InChI is InChI=1S/C19H23NO2S/c1-14(2)22-17-11-9-16(10-12-17)13-20-19(21)15(3)23-18-7-5-4-6-8-18/h4-12,14-15H,13H2,1-3H3,(H,20,21)/t15-/m0/s1. The Hall–Kier alpha value is -1.94. The van der Waals surface area contributed by atoms with E-state index in [1.807, 2.05) is 75.4 Å². The largest absolute Gasteiger partial charge is 0.491 e. The van der Waals surface area contributed by atoms with Gasteiger partial charge >= 0.3 is 0 Å². The van der Waals surface area contributed by atoms with E-state index in [0.29, 0.717) is 6.54 Å². The maximum atomic E-state index is 12.2. The predicted octanol–water partition coefficient (Wildman–Crippen LogP) is 4.27. The third-order valence-corrected chi connectivity index (χ3v) is 4.30. The Bertz CT molecular complexity index is 611. The van der Waals surface area contributed by atoms with Crippen LogP contribution in [0.4, 0.5) is 0 Å². The van der Waals surface area contributed by atoms with Crippen LogP contribution in [0.1, 0.15) is 26.3 Å². The molecule has 1 atom stereocenters. The molecule has 0 aliphatic heterocycles. The lowest BCUT2D eigenvalue weighted by atomic mass is 10.2. The fourth-order valence-electron chi connectivity index (χ4n) is 2.05. The zero-order valence-corrected chi connectivity index (χ0v) is 14.6. The highest BCUT2D eigenvalue weighted by Crippen LogP contribution is 2.22. The van der Waals surface area contributed by atoms with Crippen molar-refractivity contribution in [3.63, 3.8) is 0 Å². The second kappa shape index (κ2) is 8.63. The first kappa shape index (κ1) is 17.4. The molecule has 0 spiro atoms. The van der Waals surface area contributed by atoms with E-state index < -0.39 is 0 Å². The lowest BCUT2D eigenvalue weighted by Crippen LogP contribution is -2.30. The van der Waals surface area contributed by atoms with Crippen LogP contribution in [0.25, 0.3) is 0 Å². The van der Waals surface area contributed by atoms with Gasteiger partial charge in [-0.3, -0.25) is 4.79 Å². The summed E-state index contributed by atoms with van der Waals surface area (Å²) in [6.07, 6.45) is 0.163. The smallest absolute Gasteiger partial charge is 0.233 e. The average Bonchev–Trinajstić information content (AvgIpc) is 2.54. The van der Waals surface area contributed by atoms with E-state index in [4.69, 9.17) is 4.74 Å². The van der Waals surface area contributed by atoms with Crippen LogP contribution in [0.2, 0.25) is 0 Å². The number of rotatable bonds is 7. The molecule has 2 aromatic rings. The summed E-state index contributed by atoms with van der Waals surface area (Å²) in [6, 6.07) is 17.8. The van der Waals surface area contributed by atoms with Crippen molar-refractivity contribution in [3.8, 4) is 5.75 Å². The van der Waals surface area contributed by atoms with Gasteiger partial charge < -0.3 is 10.1 Å². The van der Waals surface area contributed by atoms with E-state index in [9.17, 15) is 4.79 Å². The van der Waals surface area contributed by atoms with Gasteiger partial charge in [-0.05, 0) is 50.6 Å². The van der Waals surface area contributed by atoms with Gasteiger partial charge in [0.25, 0.3) is 0 Å². The summed E-state index contributed by atoms with van der Waals surface area (Å²) >= 11 is 1.56. The fourth-order valence-corrected chi connectivity index (χ4v) is 2.96. The minimum atomic E-state index is -0.124. The number of hydrogen-bond donors (Lipinski definition) is 1. The quantitative estimate of drug-likeness (QED) is 0.771.